The molecule has 1 aromatic rings. The number of rotatable bonds is 8. The molecule has 0 saturated carbocycles. The summed E-state index contributed by atoms with van der Waals surface area (Å²) >= 11 is 1.89. The summed E-state index contributed by atoms with van der Waals surface area (Å²) in [6.07, 6.45) is 6.06. The molecule has 0 aromatic carbocycles. The molecule has 0 spiro atoms. The zero-order valence-electron chi connectivity index (χ0n) is 11.9. The van der Waals surface area contributed by atoms with E-state index in [1.807, 2.05) is 11.8 Å². The van der Waals surface area contributed by atoms with Gasteiger partial charge in [-0.05, 0) is 31.8 Å². The van der Waals surface area contributed by atoms with Gasteiger partial charge in [-0.1, -0.05) is 6.92 Å². The van der Waals surface area contributed by atoms with Gasteiger partial charge in [0.15, 0.2) is 0 Å². The van der Waals surface area contributed by atoms with E-state index in [9.17, 15) is 0 Å². The van der Waals surface area contributed by atoms with Gasteiger partial charge in [-0.25, -0.2) is 9.97 Å². The Labute approximate surface area is 115 Å². The van der Waals surface area contributed by atoms with Crippen molar-refractivity contribution in [3.63, 3.8) is 0 Å². The Morgan fingerprint density at radius 2 is 2.17 bits per heavy atom. The molecule has 0 fully saturated rings. The SMILES string of the molecule is CCCNc1ncnc(N(C)CCCSC)c1C. The molecule has 102 valence electrons. The van der Waals surface area contributed by atoms with Crippen LogP contribution >= 0.6 is 11.8 Å². The van der Waals surface area contributed by atoms with Crippen LogP contribution in [0.5, 0.6) is 0 Å². The number of hydrogen-bond acceptors (Lipinski definition) is 5. The summed E-state index contributed by atoms with van der Waals surface area (Å²) in [5.41, 5.74) is 1.14. The normalized spacial score (nSPS) is 10.4. The van der Waals surface area contributed by atoms with Crippen LogP contribution in [0.4, 0.5) is 11.6 Å². The Morgan fingerprint density at radius 1 is 1.39 bits per heavy atom. The molecule has 1 N–H and O–H groups in total. The van der Waals surface area contributed by atoms with Crippen molar-refractivity contribution in [3.05, 3.63) is 11.9 Å². The van der Waals surface area contributed by atoms with Crippen molar-refractivity contribution in [3.8, 4) is 0 Å². The fraction of sp³-hybridized carbons (Fsp3) is 0.692. The quantitative estimate of drug-likeness (QED) is 0.734. The molecule has 0 aliphatic carbocycles. The van der Waals surface area contributed by atoms with E-state index >= 15 is 0 Å². The Morgan fingerprint density at radius 3 is 2.83 bits per heavy atom. The Kier molecular flexibility index (Phi) is 6.86. The average Bonchev–Trinajstić information content (AvgIpc) is 2.37. The Balaban J connectivity index is 2.69. The van der Waals surface area contributed by atoms with Crippen molar-refractivity contribution >= 4 is 23.4 Å². The number of anilines is 2. The molecular formula is C13H24N4S. The summed E-state index contributed by atoms with van der Waals surface area (Å²) < 4.78 is 0. The van der Waals surface area contributed by atoms with Crippen LogP contribution in [0.1, 0.15) is 25.3 Å². The molecule has 0 atom stereocenters. The maximum absolute atomic E-state index is 4.39. The largest absolute Gasteiger partial charge is 0.370 e. The fourth-order valence-electron chi connectivity index (χ4n) is 1.80. The highest BCUT2D eigenvalue weighted by atomic mass is 32.2. The first-order valence-corrected chi connectivity index (χ1v) is 7.85. The van der Waals surface area contributed by atoms with Gasteiger partial charge in [0, 0.05) is 25.7 Å². The Bertz CT molecular complexity index is 357. The lowest BCUT2D eigenvalue weighted by atomic mass is 10.2. The monoisotopic (exact) mass is 268 g/mol. The first-order valence-electron chi connectivity index (χ1n) is 6.46. The van der Waals surface area contributed by atoms with Gasteiger partial charge in [-0.3, -0.25) is 0 Å². The molecule has 0 saturated heterocycles. The molecule has 1 heterocycles. The van der Waals surface area contributed by atoms with Gasteiger partial charge in [0.05, 0.1) is 0 Å². The second kappa shape index (κ2) is 8.19. The van der Waals surface area contributed by atoms with Crippen LogP contribution in [-0.2, 0) is 0 Å². The van der Waals surface area contributed by atoms with Crippen molar-refractivity contribution in [1.82, 2.24) is 9.97 Å². The summed E-state index contributed by atoms with van der Waals surface area (Å²) in [6, 6.07) is 0. The van der Waals surface area contributed by atoms with Crippen LogP contribution in [0.3, 0.4) is 0 Å². The van der Waals surface area contributed by atoms with E-state index in [2.05, 4.69) is 47.3 Å². The minimum atomic E-state index is 0.952. The minimum absolute atomic E-state index is 0.952. The standard InChI is InChI=1S/C13H24N4S/c1-5-7-14-12-11(2)13(16-10-15-12)17(3)8-6-9-18-4/h10H,5-9H2,1-4H3,(H,14,15,16). The lowest BCUT2D eigenvalue weighted by Gasteiger charge is -2.21. The van der Waals surface area contributed by atoms with E-state index in [-0.39, 0.29) is 0 Å². The molecule has 0 amide bonds. The van der Waals surface area contributed by atoms with Gasteiger partial charge in [0.1, 0.15) is 18.0 Å². The van der Waals surface area contributed by atoms with Crippen LogP contribution in [-0.4, -0.2) is 42.1 Å². The summed E-state index contributed by atoms with van der Waals surface area (Å²) in [7, 11) is 2.10. The highest BCUT2D eigenvalue weighted by Crippen LogP contribution is 2.21. The number of aromatic nitrogens is 2. The average molecular weight is 268 g/mol. The van der Waals surface area contributed by atoms with E-state index in [1.165, 1.54) is 12.2 Å². The highest BCUT2D eigenvalue weighted by molar-refractivity contribution is 7.98. The van der Waals surface area contributed by atoms with E-state index in [0.717, 1.165) is 36.7 Å². The molecule has 18 heavy (non-hydrogen) atoms. The molecule has 4 nitrogen and oxygen atoms in total. The molecule has 1 aromatic heterocycles. The van der Waals surface area contributed by atoms with Crippen molar-refractivity contribution in [2.45, 2.75) is 26.7 Å². The van der Waals surface area contributed by atoms with Crippen LogP contribution < -0.4 is 10.2 Å². The van der Waals surface area contributed by atoms with Crippen molar-refractivity contribution in [2.75, 3.05) is 42.4 Å². The molecule has 0 aliphatic rings. The second-order valence-electron chi connectivity index (χ2n) is 4.37. The molecule has 1 rings (SSSR count). The van der Waals surface area contributed by atoms with Gasteiger partial charge in [0.2, 0.25) is 0 Å². The minimum Gasteiger partial charge on any atom is -0.370 e. The molecule has 0 aliphatic heterocycles. The van der Waals surface area contributed by atoms with Gasteiger partial charge >= 0.3 is 0 Å². The van der Waals surface area contributed by atoms with Crippen LogP contribution in [0.25, 0.3) is 0 Å². The van der Waals surface area contributed by atoms with Crippen molar-refractivity contribution in [2.24, 2.45) is 0 Å². The van der Waals surface area contributed by atoms with Gasteiger partial charge in [0.25, 0.3) is 0 Å². The van der Waals surface area contributed by atoms with Crippen molar-refractivity contribution < 1.29 is 0 Å². The molecule has 5 heteroatoms. The second-order valence-corrected chi connectivity index (χ2v) is 5.35. The first-order chi connectivity index (χ1) is 8.70. The van der Waals surface area contributed by atoms with Crippen LogP contribution in [0.2, 0.25) is 0 Å². The van der Waals surface area contributed by atoms with E-state index in [0.29, 0.717) is 0 Å². The molecular weight excluding hydrogens is 244 g/mol. The smallest absolute Gasteiger partial charge is 0.136 e. The van der Waals surface area contributed by atoms with E-state index < -0.39 is 0 Å². The predicted molar refractivity (Wildman–Crippen MR) is 81.8 cm³/mol. The maximum atomic E-state index is 4.39. The third-order valence-corrected chi connectivity index (χ3v) is 3.50. The molecule has 0 unspecified atom stereocenters. The topological polar surface area (TPSA) is 41.1 Å². The summed E-state index contributed by atoms with van der Waals surface area (Å²) in [5, 5.41) is 3.34. The zero-order valence-corrected chi connectivity index (χ0v) is 12.7. The number of thioether (sulfide) groups is 1. The van der Waals surface area contributed by atoms with Crippen LogP contribution in [0, 0.1) is 6.92 Å². The summed E-state index contributed by atoms with van der Waals surface area (Å²) in [5.74, 6) is 3.18. The molecule has 0 radical (unpaired) electrons. The third kappa shape index (κ3) is 4.37. The van der Waals surface area contributed by atoms with E-state index in [4.69, 9.17) is 0 Å². The number of nitrogens with one attached hydrogen (secondary N) is 1. The van der Waals surface area contributed by atoms with Gasteiger partial charge in [-0.15, -0.1) is 0 Å². The van der Waals surface area contributed by atoms with Crippen molar-refractivity contribution in [1.29, 1.82) is 0 Å². The maximum Gasteiger partial charge on any atom is 0.136 e. The molecule has 0 bridgehead atoms. The third-order valence-electron chi connectivity index (χ3n) is 2.80. The zero-order chi connectivity index (χ0) is 13.4. The summed E-state index contributed by atoms with van der Waals surface area (Å²) in [6.45, 7) is 6.22. The first kappa shape index (κ1) is 15.1. The fourth-order valence-corrected chi connectivity index (χ4v) is 2.22. The number of hydrogen-bond donors (Lipinski definition) is 1. The lowest BCUT2D eigenvalue weighted by Crippen LogP contribution is -2.22. The lowest BCUT2D eigenvalue weighted by molar-refractivity contribution is 0.835. The number of nitrogens with zero attached hydrogens (tertiary/aromatic N) is 3. The highest BCUT2D eigenvalue weighted by Gasteiger charge is 2.10. The van der Waals surface area contributed by atoms with Crippen LogP contribution in [0.15, 0.2) is 6.33 Å². The summed E-state index contributed by atoms with van der Waals surface area (Å²) in [4.78, 5) is 10.9. The van der Waals surface area contributed by atoms with Gasteiger partial charge < -0.3 is 10.2 Å². The predicted octanol–water partition coefficient (Wildman–Crippen LogP) is 2.80. The van der Waals surface area contributed by atoms with E-state index in [1.54, 1.807) is 6.33 Å². The van der Waals surface area contributed by atoms with Gasteiger partial charge in [-0.2, -0.15) is 11.8 Å². The Hall–Kier alpha value is -0.970.